The fourth-order valence-electron chi connectivity index (χ4n) is 2.73. The van der Waals surface area contributed by atoms with Crippen molar-refractivity contribution in [1.29, 1.82) is 0 Å². The molecule has 148 valence electrons. The molecule has 0 saturated carbocycles. The van der Waals surface area contributed by atoms with E-state index in [1.165, 1.54) is 29.7 Å². The molecule has 3 aromatic carbocycles. The van der Waals surface area contributed by atoms with E-state index in [0.29, 0.717) is 16.4 Å². The van der Waals surface area contributed by atoms with E-state index >= 15 is 0 Å². The molecule has 0 atom stereocenters. The fourth-order valence-corrected chi connectivity index (χ4v) is 3.63. The van der Waals surface area contributed by atoms with Crippen LogP contribution in [0.15, 0.2) is 82.9 Å². The van der Waals surface area contributed by atoms with Gasteiger partial charge in [0.1, 0.15) is 0 Å². The number of benzene rings is 3. The van der Waals surface area contributed by atoms with Crippen LogP contribution in [0.4, 0.5) is 11.4 Å². The molecule has 1 heterocycles. The zero-order valence-electron chi connectivity index (χ0n) is 16.0. The Bertz CT molecular complexity index is 1230. The summed E-state index contributed by atoms with van der Waals surface area (Å²) < 4.78 is 1.05. The van der Waals surface area contributed by atoms with Crippen LogP contribution >= 0.6 is 11.3 Å². The Balaban J connectivity index is 1.65. The van der Waals surface area contributed by atoms with E-state index < -0.39 is 4.92 Å². The van der Waals surface area contributed by atoms with Crippen LogP contribution in [0, 0.1) is 17.0 Å². The minimum absolute atomic E-state index is 0.0127. The molecule has 0 saturated heterocycles. The van der Waals surface area contributed by atoms with E-state index in [2.05, 4.69) is 20.5 Å². The Kier molecular flexibility index (Phi) is 5.58. The summed E-state index contributed by atoms with van der Waals surface area (Å²) in [6, 6.07) is 21.9. The first-order valence-electron chi connectivity index (χ1n) is 9.13. The van der Waals surface area contributed by atoms with Crippen LogP contribution in [-0.2, 0) is 0 Å². The fraction of sp³-hybridized carbons (Fsp3) is 0.0455. The summed E-state index contributed by atoms with van der Waals surface area (Å²) in [6.45, 7) is 2.02. The maximum atomic E-state index is 11.0. The molecular formula is C22H17N5O2S. The highest BCUT2D eigenvalue weighted by atomic mass is 32.1. The number of rotatable bonds is 5. The maximum Gasteiger partial charge on any atom is 0.270 e. The van der Waals surface area contributed by atoms with Gasteiger partial charge in [-0.15, -0.1) is 11.3 Å². The number of aliphatic imine (C=N–C) groups is 1. The lowest BCUT2D eigenvalue weighted by molar-refractivity contribution is -0.384. The van der Waals surface area contributed by atoms with E-state index in [0.717, 1.165) is 21.5 Å². The number of nitrogens with zero attached hydrogens (tertiary/aromatic N) is 4. The number of hydrogen-bond donors (Lipinski definition) is 1. The Hall–Kier alpha value is -3.91. The minimum Gasteiger partial charge on any atom is -0.259 e. The predicted molar refractivity (Wildman–Crippen MR) is 121 cm³/mol. The smallest absolute Gasteiger partial charge is 0.259 e. The van der Waals surface area contributed by atoms with Crippen molar-refractivity contribution in [2.24, 2.45) is 10.1 Å². The van der Waals surface area contributed by atoms with Crippen molar-refractivity contribution < 1.29 is 4.92 Å². The number of aryl methyl sites for hydroxylation is 1. The van der Waals surface area contributed by atoms with Crippen molar-refractivity contribution >= 4 is 45.0 Å². The lowest BCUT2D eigenvalue weighted by Crippen LogP contribution is -2.18. The van der Waals surface area contributed by atoms with Crippen molar-refractivity contribution in [2.75, 3.05) is 0 Å². The van der Waals surface area contributed by atoms with E-state index in [9.17, 15) is 10.1 Å². The molecule has 0 aliphatic rings. The number of aromatic nitrogens is 1. The maximum absolute atomic E-state index is 11.0. The average Bonchev–Trinajstić information content (AvgIpc) is 3.19. The molecule has 8 heteroatoms. The van der Waals surface area contributed by atoms with Crippen LogP contribution in [0.3, 0.4) is 0 Å². The van der Waals surface area contributed by atoms with Gasteiger partial charge >= 0.3 is 0 Å². The second-order valence-electron chi connectivity index (χ2n) is 6.50. The molecule has 0 aliphatic heterocycles. The summed E-state index contributed by atoms with van der Waals surface area (Å²) in [5.41, 5.74) is 6.38. The predicted octanol–water partition coefficient (Wildman–Crippen LogP) is 5.21. The normalized spacial score (nSPS) is 11.8. The van der Waals surface area contributed by atoms with Crippen molar-refractivity contribution in [2.45, 2.75) is 6.92 Å². The highest BCUT2D eigenvalue weighted by Crippen LogP contribution is 2.23. The van der Waals surface area contributed by atoms with Crippen LogP contribution in [0.25, 0.3) is 10.2 Å². The third-order valence-corrected chi connectivity index (χ3v) is 5.28. The first-order valence-corrected chi connectivity index (χ1v) is 9.95. The number of hydrazone groups is 1. The average molecular weight is 415 g/mol. The lowest BCUT2D eigenvalue weighted by atomic mass is 10.2. The van der Waals surface area contributed by atoms with Gasteiger partial charge in [0.05, 0.1) is 27.0 Å². The number of hydrogen-bond acceptors (Lipinski definition) is 6. The van der Waals surface area contributed by atoms with Gasteiger partial charge in [0.15, 0.2) is 10.8 Å². The molecule has 4 aromatic rings. The van der Waals surface area contributed by atoms with Gasteiger partial charge in [-0.2, -0.15) is 5.10 Å². The van der Waals surface area contributed by atoms with Crippen molar-refractivity contribution in [1.82, 2.24) is 10.4 Å². The summed E-state index contributed by atoms with van der Waals surface area (Å²) >= 11 is 1.51. The molecule has 30 heavy (non-hydrogen) atoms. The Morgan fingerprint density at radius 2 is 1.90 bits per heavy atom. The number of nitro benzene ring substituents is 1. The van der Waals surface area contributed by atoms with E-state index in [1.807, 2.05) is 55.5 Å². The monoisotopic (exact) mass is 415 g/mol. The number of amidine groups is 1. The number of para-hydroxylation sites is 1. The van der Waals surface area contributed by atoms with Gasteiger partial charge in [-0.25, -0.2) is 9.98 Å². The van der Waals surface area contributed by atoms with Crippen molar-refractivity contribution in [3.63, 3.8) is 0 Å². The number of nitrogens with one attached hydrogen (secondary N) is 1. The molecule has 0 radical (unpaired) electrons. The highest BCUT2D eigenvalue weighted by Gasteiger charge is 2.11. The van der Waals surface area contributed by atoms with Gasteiger partial charge in [-0.05, 0) is 31.2 Å². The molecule has 0 spiro atoms. The Morgan fingerprint density at radius 3 is 2.67 bits per heavy atom. The molecule has 1 N–H and O–H groups in total. The molecular weight excluding hydrogens is 398 g/mol. The van der Waals surface area contributed by atoms with Gasteiger partial charge in [-0.1, -0.05) is 42.0 Å². The molecule has 7 nitrogen and oxygen atoms in total. The minimum atomic E-state index is -0.434. The largest absolute Gasteiger partial charge is 0.270 e. The van der Waals surface area contributed by atoms with Gasteiger partial charge in [0.2, 0.25) is 0 Å². The number of thiazole rings is 1. The summed E-state index contributed by atoms with van der Waals surface area (Å²) in [5, 5.41) is 15.9. The number of nitro groups is 1. The first-order chi connectivity index (χ1) is 14.6. The van der Waals surface area contributed by atoms with Gasteiger partial charge in [-0.3, -0.25) is 15.5 Å². The molecule has 0 unspecified atom stereocenters. The Morgan fingerprint density at radius 1 is 1.10 bits per heavy atom. The molecule has 0 bridgehead atoms. The highest BCUT2D eigenvalue weighted by molar-refractivity contribution is 7.20. The molecule has 0 aliphatic carbocycles. The van der Waals surface area contributed by atoms with Crippen LogP contribution < -0.4 is 5.43 Å². The topological polar surface area (TPSA) is 92.8 Å². The van der Waals surface area contributed by atoms with Crippen LogP contribution in [0.5, 0.6) is 0 Å². The van der Waals surface area contributed by atoms with Gasteiger partial charge in [0, 0.05) is 17.7 Å². The summed E-state index contributed by atoms with van der Waals surface area (Å²) in [6.07, 6.45) is 1.52. The van der Waals surface area contributed by atoms with Crippen LogP contribution in [-0.4, -0.2) is 22.0 Å². The summed E-state index contributed by atoms with van der Waals surface area (Å²) in [7, 11) is 0. The second-order valence-corrected chi connectivity index (χ2v) is 7.54. The van der Waals surface area contributed by atoms with E-state index in [1.54, 1.807) is 12.1 Å². The summed E-state index contributed by atoms with van der Waals surface area (Å²) in [5.74, 6) is 0.502. The quantitative estimate of drug-likeness (QED) is 0.209. The molecule has 4 rings (SSSR count). The zero-order chi connectivity index (χ0) is 20.9. The Labute approximate surface area is 176 Å². The van der Waals surface area contributed by atoms with Gasteiger partial charge in [0.25, 0.3) is 5.69 Å². The van der Waals surface area contributed by atoms with Gasteiger partial charge < -0.3 is 0 Å². The van der Waals surface area contributed by atoms with E-state index in [-0.39, 0.29) is 5.69 Å². The van der Waals surface area contributed by atoms with Crippen LogP contribution in [0.1, 0.15) is 16.1 Å². The number of fused-ring (bicyclic) bond motifs is 1. The standard InChI is InChI=1S/C22H17N5O2S/c1-15-9-11-17(12-10-15)24-21(22-25-19-7-2-3-8-20(19)30-22)26-23-14-16-5-4-6-18(13-16)27(28)29/h2-14H,1H3,(H,24,26). The second kappa shape index (κ2) is 8.62. The first kappa shape index (κ1) is 19.4. The van der Waals surface area contributed by atoms with E-state index in [4.69, 9.17) is 0 Å². The van der Waals surface area contributed by atoms with Crippen molar-refractivity contribution in [3.8, 4) is 0 Å². The third kappa shape index (κ3) is 4.56. The lowest BCUT2D eigenvalue weighted by Gasteiger charge is -2.03. The zero-order valence-corrected chi connectivity index (χ0v) is 16.8. The van der Waals surface area contributed by atoms with Crippen LogP contribution in [0.2, 0.25) is 0 Å². The molecule has 0 fully saturated rings. The number of non-ortho nitro benzene ring substituents is 1. The SMILES string of the molecule is Cc1ccc(N=C(NN=Cc2cccc([N+](=O)[O-])c2)c2nc3ccccc3s2)cc1. The third-order valence-electron chi connectivity index (χ3n) is 4.24. The van der Waals surface area contributed by atoms with Crippen molar-refractivity contribution in [3.05, 3.63) is 99.0 Å². The molecule has 1 aromatic heterocycles. The summed E-state index contributed by atoms with van der Waals surface area (Å²) in [4.78, 5) is 19.8. The molecule has 0 amide bonds.